The van der Waals surface area contributed by atoms with Crippen LogP contribution < -0.4 is 10.5 Å². The summed E-state index contributed by atoms with van der Waals surface area (Å²) in [7, 11) is 0. The number of aromatic nitrogens is 1. The van der Waals surface area contributed by atoms with Crippen molar-refractivity contribution in [2.45, 2.75) is 38.3 Å². The Bertz CT molecular complexity index is 356. The molecule has 4 heteroatoms. The Labute approximate surface area is 98.2 Å². The van der Waals surface area contributed by atoms with E-state index < -0.39 is 0 Å². The smallest absolute Gasteiger partial charge is 0.228 e. The minimum absolute atomic E-state index is 0.121. The first-order valence-corrected chi connectivity index (χ1v) is 6.01. The first-order chi connectivity index (χ1) is 7.18. The molecule has 2 N–H and O–H groups in total. The van der Waals surface area contributed by atoms with Crippen molar-refractivity contribution in [1.82, 2.24) is 4.98 Å². The Hall–Kier alpha value is -0.610. The first kappa shape index (κ1) is 10.9. The topological polar surface area (TPSA) is 48.1 Å². The highest BCUT2D eigenvalue weighted by atomic mass is 79.9. The summed E-state index contributed by atoms with van der Waals surface area (Å²) in [4.78, 5) is 4.21. The van der Waals surface area contributed by atoms with Crippen molar-refractivity contribution in [1.29, 1.82) is 0 Å². The Morgan fingerprint density at radius 1 is 1.53 bits per heavy atom. The van der Waals surface area contributed by atoms with Gasteiger partial charge in [-0.2, -0.15) is 0 Å². The van der Waals surface area contributed by atoms with Crippen molar-refractivity contribution in [3.8, 4) is 5.88 Å². The molecule has 0 saturated heterocycles. The largest absolute Gasteiger partial charge is 0.472 e. The maximum atomic E-state index is 5.95. The molecular weight excluding hydrogens is 256 g/mol. The standard InChI is InChI=1S/C11H15BrN2O/c1-7-5-6-14-11(10(7)12)15-9-4-2-3-8(9)13/h5-6,8-9H,2-4,13H2,1H3. The number of hydrogen-bond donors (Lipinski definition) is 1. The zero-order valence-electron chi connectivity index (χ0n) is 8.74. The minimum atomic E-state index is 0.121. The molecule has 0 aliphatic heterocycles. The highest BCUT2D eigenvalue weighted by Crippen LogP contribution is 2.29. The molecule has 0 aromatic carbocycles. The van der Waals surface area contributed by atoms with E-state index >= 15 is 0 Å². The Morgan fingerprint density at radius 2 is 2.33 bits per heavy atom. The van der Waals surface area contributed by atoms with Gasteiger partial charge >= 0.3 is 0 Å². The van der Waals surface area contributed by atoms with E-state index in [2.05, 4.69) is 20.9 Å². The van der Waals surface area contributed by atoms with E-state index in [0.717, 1.165) is 29.3 Å². The van der Waals surface area contributed by atoms with Crippen LogP contribution >= 0.6 is 15.9 Å². The molecule has 1 aromatic heterocycles. The van der Waals surface area contributed by atoms with Gasteiger partial charge < -0.3 is 10.5 Å². The predicted octanol–water partition coefficient (Wildman–Crippen LogP) is 2.41. The monoisotopic (exact) mass is 270 g/mol. The number of nitrogens with zero attached hydrogens (tertiary/aromatic N) is 1. The summed E-state index contributed by atoms with van der Waals surface area (Å²) in [5.74, 6) is 0.664. The predicted molar refractivity (Wildman–Crippen MR) is 62.9 cm³/mol. The Morgan fingerprint density at radius 3 is 3.00 bits per heavy atom. The maximum Gasteiger partial charge on any atom is 0.228 e. The van der Waals surface area contributed by atoms with E-state index in [1.54, 1.807) is 6.20 Å². The molecular formula is C11H15BrN2O. The third-order valence-electron chi connectivity index (χ3n) is 2.82. The fourth-order valence-electron chi connectivity index (χ4n) is 1.84. The highest BCUT2D eigenvalue weighted by Gasteiger charge is 2.26. The van der Waals surface area contributed by atoms with Crippen LogP contribution in [-0.4, -0.2) is 17.1 Å². The lowest BCUT2D eigenvalue weighted by Gasteiger charge is -2.18. The van der Waals surface area contributed by atoms with Crippen LogP contribution in [0.2, 0.25) is 0 Å². The molecule has 1 aliphatic rings. The molecule has 2 rings (SSSR count). The summed E-state index contributed by atoms with van der Waals surface area (Å²) in [5, 5.41) is 0. The normalized spacial score (nSPS) is 25.5. The number of pyridine rings is 1. The average Bonchev–Trinajstić information content (AvgIpc) is 2.60. The minimum Gasteiger partial charge on any atom is -0.472 e. The van der Waals surface area contributed by atoms with E-state index in [1.165, 1.54) is 0 Å². The van der Waals surface area contributed by atoms with E-state index in [1.807, 2.05) is 13.0 Å². The van der Waals surface area contributed by atoms with Crippen molar-refractivity contribution in [2.24, 2.45) is 5.73 Å². The maximum absolute atomic E-state index is 5.95. The van der Waals surface area contributed by atoms with E-state index in [-0.39, 0.29) is 12.1 Å². The molecule has 0 amide bonds. The number of ether oxygens (including phenoxy) is 1. The van der Waals surface area contributed by atoms with Crippen molar-refractivity contribution in [3.05, 3.63) is 22.3 Å². The molecule has 0 bridgehead atoms. The second-order valence-corrected chi connectivity index (χ2v) is 4.79. The molecule has 1 aromatic rings. The second-order valence-electron chi connectivity index (χ2n) is 4.00. The van der Waals surface area contributed by atoms with Crippen LogP contribution in [0.3, 0.4) is 0 Å². The molecule has 3 nitrogen and oxygen atoms in total. The van der Waals surface area contributed by atoms with Crippen LogP contribution in [0.1, 0.15) is 24.8 Å². The van der Waals surface area contributed by atoms with Crippen LogP contribution in [0, 0.1) is 6.92 Å². The van der Waals surface area contributed by atoms with Crippen LogP contribution in [0.25, 0.3) is 0 Å². The fraction of sp³-hybridized carbons (Fsp3) is 0.545. The van der Waals surface area contributed by atoms with Crippen molar-refractivity contribution < 1.29 is 4.74 Å². The molecule has 1 heterocycles. The molecule has 0 radical (unpaired) electrons. The third-order valence-corrected chi connectivity index (χ3v) is 3.78. The molecule has 2 atom stereocenters. The fourth-order valence-corrected chi connectivity index (χ4v) is 2.17. The van der Waals surface area contributed by atoms with Crippen LogP contribution in [0.15, 0.2) is 16.7 Å². The SMILES string of the molecule is Cc1ccnc(OC2CCCC2N)c1Br. The zero-order valence-corrected chi connectivity index (χ0v) is 10.3. The zero-order chi connectivity index (χ0) is 10.8. The summed E-state index contributed by atoms with van der Waals surface area (Å²) in [6, 6.07) is 2.10. The van der Waals surface area contributed by atoms with E-state index in [4.69, 9.17) is 10.5 Å². The molecule has 15 heavy (non-hydrogen) atoms. The van der Waals surface area contributed by atoms with Gasteiger partial charge in [-0.3, -0.25) is 0 Å². The first-order valence-electron chi connectivity index (χ1n) is 5.22. The molecule has 82 valence electrons. The van der Waals surface area contributed by atoms with Crippen LogP contribution in [0.4, 0.5) is 0 Å². The van der Waals surface area contributed by atoms with Crippen LogP contribution in [0.5, 0.6) is 5.88 Å². The molecule has 0 spiro atoms. The second kappa shape index (κ2) is 4.49. The number of aryl methyl sites for hydroxylation is 1. The molecule has 2 unspecified atom stereocenters. The Kier molecular flexibility index (Phi) is 3.26. The quantitative estimate of drug-likeness (QED) is 0.898. The highest BCUT2D eigenvalue weighted by molar-refractivity contribution is 9.10. The van der Waals surface area contributed by atoms with Gasteiger partial charge in [0.25, 0.3) is 0 Å². The van der Waals surface area contributed by atoms with Gasteiger partial charge in [-0.25, -0.2) is 4.98 Å². The van der Waals surface area contributed by atoms with Gasteiger partial charge in [-0.05, 0) is 53.7 Å². The average molecular weight is 271 g/mol. The van der Waals surface area contributed by atoms with E-state index in [0.29, 0.717) is 5.88 Å². The number of nitrogens with two attached hydrogens (primary N) is 1. The van der Waals surface area contributed by atoms with Gasteiger partial charge in [0.15, 0.2) is 0 Å². The van der Waals surface area contributed by atoms with Gasteiger partial charge in [0, 0.05) is 12.2 Å². The summed E-state index contributed by atoms with van der Waals surface area (Å²) in [5.41, 5.74) is 7.08. The lowest BCUT2D eigenvalue weighted by atomic mass is 10.2. The van der Waals surface area contributed by atoms with E-state index in [9.17, 15) is 0 Å². The van der Waals surface area contributed by atoms with Crippen molar-refractivity contribution >= 4 is 15.9 Å². The van der Waals surface area contributed by atoms with Gasteiger partial charge in [0.05, 0.1) is 4.47 Å². The lowest BCUT2D eigenvalue weighted by molar-refractivity contribution is 0.182. The van der Waals surface area contributed by atoms with Crippen LogP contribution in [-0.2, 0) is 0 Å². The molecule has 1 saturated carbocycles. The van der Waals surface area contributed by atoms with Crippen molar-refractivity contribution in [3.63, 3.8) is 0 Å². The molecule has 1 aliphatic carbocycles. The summed E-state index contributed by atoms with van der Waals surface area (Å²) < 4.78 is 6.75. The summed E-state index contributed by atoms with van der Waals surface area (Å²) in [6.45, 7) is 2.02. The number of halogens is 1. The number of hydrogen-bond acceptors (Lipinski definition) is 3. The molecule has 1 fully saturated rings. The van der Waals surface area contributed by atoms with Gasteiger partial charge in [0.2, 0.25) is 5.88 Å². The van der Waals surface area contributed by atoms with Gasteiger partial charge in [-0.1, -0.05) is 0 Å². The Balaban J connectivity index is 2.13. The number of rotatable bonds is 2. The summed E-state index contributed by atoms with van der Waals surface area (Å²) >= 11 is 3.48. The van der Waals surface area contributed by atoms with Crippen molar-refractivity contribution in [2.75, 3.05) is 0 Å². The lowest BCUT2D eigenvalue weighted by Crippen LogP contribution is -2.33. The van der Waals surface area contributed by atoms with Gasteiger partial charge in [0.1, 0.15) is 6.10 Å². The van der Waals surface area contributed by atoms with Gasteiger partial charge in [-0.15, -0.1) is 0 Å². The third kappa shape index (κ3) is 2.32. The summed E-state index contributed by atoms with van der Waals surface area (Å²) in [6.07, 6.45) is 5.11.